The van der Waals surface area contributed by atoms with Crippen molar-refractivity contribution in [3.8, 4) is 5.75 Å². The van der Waals surface area contributed by atoms with Crippen molar-refractivity contribution in [2.45, 2.75) is 39.0 Å². The summed E-state index contributed by atoms with van der Waals surface area (Å²) in [6.07, 6.45) is 3.46. The molecule has 0 spiro atoms. The van der Waals surface area contributed by atoms with Gasteiger partial charge in [0.1, 0.15) is 5.75 Å². The Morgan fingerprint density at radius 3 is 2.26 bits per heavy atom. The number of aromatic hydroxyl groups is 1. The molecule has 3 fully saturated rings. The molecule has 1 saturated carbocycles. The number of imide groups is 2. The largest absolute Gasteiger partial charge is 0.508 e. The molecule has 1 N–H and O–H groups in total. The Morgan fingerprint density at radius 1 is 0.860 bits per heavy atom. The molecule has 2 aliphatic heterocycles. The van der Waals surface area contributed by atoms with Gasteiger partial charge in [0.05, 0.1) is 34.5 Å². The fourth-order valence-electron chi connectivity index (χ4n) is 8.07. The summed E-state index contributed by atoms with van der Waals surface area (Å²) in [6.45, 7) is 3.87. The highest BCUT2D eigenvalue weighted by Gasteiger charge is 2.68. The van der Waals surface area contributed by atoms with Crippen molar-refractivity contribution in [3.63, 3.8) is 0 Å². The fourth-order valence-corrected chi connectivity index (χ4v) is 8.45. The third-order valence-electron chi connectivity index (χ3n) is 10.2. The maximum Gasteiger partial charge on any atom is 0.241 e. The molecular weight excluding hydrogens is 608 g/mol. The predicted octanol–water partition coefficient (Wildman–Crippen LogP) is 6.15. The molecule has 218 valence electrons. The third kappa shape index (κ3) is 3.92. The van der Waals surface area contributed by atoms with Crippen LogP contribution in [-0.2, 0) is 25.6 Å². The summed E-state index contributed by atoms with van der Waals surface area (Å²) in [7, 11) is 0. The maximum atomic E-state index is 14.4. The molecule has 4 aliphatic rings. The lowest BCUT2D eigenvalue weighted by molar-refractivity contribution is -0.131. The number of hydrogen-bond donors (Lipinski definition) is 1. The normalized spacial score (nSPS) is 29.8. The van der Waals surface area contributed by atoms with Crippen molar-refractivity contribution in [2.24, 2.45) is 29.1 Å². The number of halogens is 1. The summed E-state index contributed by atoms with van der Waals surface area (Å²) >= 11 is 3.52. The van der Waals surface area contributed by atoms with E-state index in [4.69, 9.17) is 0 Å². The van der Waals surface area contributed by atoms with Crippen LogP contribution in [0.3, 0.4) is 0 Å². The minimum Gasteiger partial charge on any atom is -0.508 e. The van der Waals surface area contributed by atoms with Crippen LogP contribution in [0.4, 0.5) is 11.4 Å². The van der Waals surface area contributed by atoms with Gasteiger partial charge in [-0.3, -0.25) is 24.1 Å². The molecule has 43 heavy (non-hydrogen) atoms. The molecule has 4 amide bonds. The summed E-state index contributed by atoms with van der Waals surface area (Å²) in [5, 5.41) is 11.2. The number of carbonyl (C=O) groups excluding carboxylic acids is 4. The zero-order valence-electron chi connectivity index (χ0n) is 23.9. The molecule has 3 aromatic rings. The summed E-state index contributed by atoms with van der Waals surface area (Å²) < 4.78 is 0.724. The number of hydrogen-bond acceptors (Lipinski definition) is 5. The van der Waals surface area contributed by atoms with E-state index in [9.17, 15) is 24.3 Å². The van der Waals surface area contributed by atoms with E-state index in [2.05, 4.69) is 15.9 Å². The van der Waals surface area contributed by atoms with E-state index in [0.717, 1.165) is 22.0 Å². The van der Waals surface area contributed by atoms with Crippen LogP contribution in [0.1, 0.15) is 43.7 Å². The van der Waals surface area contributed by atoms with Gasteiger partial charge in [0.25, 0.3) is 0 Å². The van der Waals surface area contributed by atoms with E-state index in [1.807, 2.05) is 50.3 Å². The first-order valence-electron chi connectivity index (χ1n) is 14.7. The third-order valence-corrected chi connectivity index (χ3v) is 10.7. The average molecular weight is 640 g/mol. The summed E-state index contributed by atoms with van der Waals surface area (Å²) in [5.41, 5.74) is 2.31. The van der Waals surface area contributed by atoms with Gasteiger partial charge in [0.2, 0.25) is 23.6 Å². The molecule has 0 aromatic heterocycles. The Bertz CT molecular complexity index is 1720. The molecular formula is C35H31BrN2O5. The number of anilines is 2. The number of phenolic OH excluding ortho intramolecular Hbond substituents is 1. The average Bonchev–Trinajstić information content (AvgIpc) is 3.38. The lowest BCUT2D eigenvalue weighted by Gasteiger charge is -2.49. The molecule has 2 saturated heterocycles. The van der Waals surface area contributed by atoms with E-state index in [-0.39, 0.29) is 35.8 Å². The van der Waals surface area contributed by atoms with Gasteiger partial charge in [0.15, 0.2) is 0 Å². The zero-order chi connectivity index (χ0) is 30.2. The first-order valence-corrected chi connectivity index (χ1v) is 15.5. The van der Waals surface area contributed by atoms with Gasteiger partial charge in [-0.2, -0.15) is 0 Å². The minimum absolute atomic E-state index is 0.0155. The van der Waals surface area contributed by atoms with Crippen LogP contribution >= 0.6 is 15.9 Å². The zero-order valence-corrected chi connectivity index (χ0v) is 25.5. The highest BCUT2D eigenvalue weighted by atomic mass is 79.9. The Balaban J connectivity index is 1.36. The van der Waals surface area contributed by atoms with Gasteiger partial charge >= 0.3 is 0 Å². The fraction of sp³-hybridized carbons (Fsp3) is 0.314. The van der Waals surface area contributed by atoms with E-state index in [1.54, 1.807) is 42.5 Å². The highest BCUT2D eigenvalue weighted by Crippen LogP contribution is 2.64. The van der Waals surface area contributed by atoms with Crippen LogP contribution < -0.4 is 9.80 Å². The number of benzene rings is 3. The van der Waals surface area contributed by atoms with Crippen molar-refractivity contribution in [1.82, 2.24) is 0 Å². The summed E-state index contributed by atoms with van der Waals surface area (Å²) in [5.74, 6) is -4.19. The Hall–Kier alpha value is -4.04. The van der Waals surface area contributed by atoms with Crippen LogP contribution in [-0.4, -0.2) is 28.7 Å². The molecule has 2 heterocycles. The number of rotatable bonds is 4. The number of phenols is 1. The van der Waals surface area contributed by atoms with E-state index in [0.29, 0.717) is 23.4 Å². The number of nitrogens with zero attached hydrogens (tertiary/aromatic N) is 2. The number of aryl methyl sites for hydroxylation is 1. The number of carbonyl (C=O) groups is 4. The van der Waals surface area contributed by atoms with Crippen LogP contribution in [0, 0.1) is 29.1 Å². The van der Waals surface area contributed by atoms with Gasteiger partial charge in [-0.1, -0.05) is 64.8 Å². The second-order valence-electron chi connectivity index (χ2n) is 12.2. The smallest absolute Gasteiger partial charge is 0.241 e. The molecule has 8 heteroatoms. The lowest BCUT2D eigenvalue weighted by Crippen LogP contribution is -2.48. The molecule has 6 atom stereocenters. The topological polar surface area (TPSA) is 95.0 Å². The number of amides is 4. The Morgan fingerprint density at radius 2 is 1.56 bits per heavy atom. The molecule has 2 aliphatic carbocycles. The summed E-state index contributed by atoms with van der Waals surface area (Å²) in [4.78, 5) is 59.1. The molecule has 7 nitrogen and oxygen atoms in total. The van der Waals surface area contributed by atoms with Crippen molar-refractivity contribution < 1.29 is 24.3 Å². The highest BCUT2D eigenvalue weighted by molar-refractivity contribution is 9.10. The molecule has 7 rings (SSSR count). The van der Waals surface area contributed by atoms with E-state index < -0.39 is 35.0 Å². The second kappa shape index (κ2) is 10.0. The van der Waals surface area contributed by atoms with Crippen LogP contribution in [0.5, 0.6) is 5.75 Å². The van der Waals surface area contributed by atoms with Crippen LogP contribution in [0.2, 0.25) is 0 Å². The minimum atomic E-state index is -1.21. The monoisotopic (exact) mass is 638 g/mol. The van der Waals surface area contributed by atoms with Gasteiger partial charge in [-0.05, 0) is 80.1 Å². The van der Waals surface area contributed by atoms with Gasteiger partial charge in [0, 0.05) is 16.0 Å². The number of fused-ring (bicyclic) bond motifs is 4. The van der Waals surface area contributed by atoms with Crippen molar-refractivity contribution >= 4 is 50.9 Å². The lowest BCUT2D eigenvalue weighted by atomic mass is 9.51. The maximum absolute atomic E-state index is 14.4. The van der Waals surface area contributed by atoms with Crippen LogP contribution in [0.15, 0.2) is 88.9 Å². The van der Waals surface area contributed by atoms with Gasteiger partial charge in [-0.25, -0.2) is 4.90 Å². The Kier molecular flexibility index (Phi) is 6.47. The standard InChI is InChI=1S/C35H31BrN2O5/c1-3-19-9-12-22(13-10-19)37-31(40)24-15-14-23-25(29(24)33(37)42)18-27-32(41)38(21-7-5-4-6-8-21)34(43)35(27,2)30(23)26-17-20(36)11-16-28(26)39/h4-14,16-17,24-25,27,29-30,39H,3,15,18H2,1-2H3/t24-,25+,27-,29-,30+,35+/m0/s1. The summed E-state index contributed by atoms with van der Waals surface area (Å²) in [6, 6.07) is 21.5. The molecule has 3 aromatic carbocycles. The SMILES string of the molecule is CCc1ccc(N2C(=O)[C@H]3[C@H](CC=C4[C@H]3C[C@H]3C(=O)N(c5ccccc5)C(=O)[C@@]3(C)[C@H]4c3cc(Br)ccc3O)C2=O)cc1. The molecule has 0 bridgehead atoms. The van der Waals surface area contributed by atoms with E-state index in [1.165, 1.54) is 9.80 Å². The first-order chi connectivity index (χ1) is 20.7. The number of allylic oxidation sites excluding steroid dienone is 2. The molecule has 0 unspecified atom stereocenters. The quantitative estimate of drug-likeness (QED) is 0.273. The predicted molar refractivity (Wildman–Crippen MR) is 165 cm³/mol. The van der Waals surface area contributed by atoms with Crippen LogP contribution in [0.25, 0.3) is 0 Å². The first kappa shape index (κ1) is 27.8. The van der Waals surface area contributed by atoms with Gasteiger partial charge in [-0.15, -0.1) is 0 Å². The van der Waals surface area contributed by atoms with Crippen molar-refractivity contribution in [2.75, 3.05) is 9.80 Å². The van der Waals surface area contributed by atoms with Gasteiger partial charge < -0.3 is 5.11 Å². The van der Waals surface area contributed by atoms with Crippen molar-refractivity contribution in [3.05, 3.63) is 100 Å². The number of para-hydroxylation sites is 1. The Labute approximate surface area is 258 Å². The van der Waals surface area contributed by atoms with E-state index >= 15 is 0 Å². The van der Waals surface area contributed by atoms with Crippen molar-refractivity contribution in [1.29, 1.82) is 0 Å². The molecule has 0 radical (unpaired) electrons. The second-order valence-corrected chi connectivity index (χ2v) is 13.1.